The summed E-state index contributed by atoms with van der Waals surface area (Å²) >= 11 is 0. The second kappa shape index (κ2) is 4.83. The molecular formula is C9H14O5. The van der Waals surface area contributed by atoms with Crippen LogP contribution < -0.4 is 0 Å². The number of hydrogen-bond donors (Lipinski definition) is 0. The van der Waals surface area contributed by atoms with Gasteiger partial charge in [0.25, 0.3) is 0 Å². The first-order valence-electron chi connectivity index (χ1n) is 4.62. The van der Waals surface area contributed by atoms with Crippen LogP contribution in [0.4, 0.5) is 4.79 Å². The molecule has 0 aromatic carbocycles. The van der Waals surface area contributed by atoms with Crippen molar-refractivity contribution >= 4 is 12.1 Å². The highest BCUT2D eigenvalue weighted by Gasteiger charge is 2.23. The van der Waals surface area contributed by atoms with Gasteiger partial charge < -0.3 is 14.2 Å². The molecule has 14 heavy (non-hydrogen) atoms. The fraction of sp³-hybridized carbons (Fsp3) is 0.778. The van der Waals surface area contributed by atoms with Gasteiger partial charge in [-0.1, -0.05) is 0 Å². The summed E-state index contributed by atoms with van der Waals surface area (Å²) in [7, 11) is 0. The van der Waals surface area contributed by atoms with Gasteiger partial charge in [0, 0.05) is 13.8 Å². The molecule has 80 valence electrons. The summed E-state index contributed by atoms with van der Waals surface area (Å²) in [6, 6.07) is 0. The van der Waals surface area contributed by atoms with Crippen LogP contribution in [0.25, 0.3) is 0 Å². The third kappa shape index (κ3) is 3.64. The maximum absolute atomic E-state index is 11.0. The van der Waals surface area contributed by atoms with Gasteiger partial charge in [-0.3, -0.25) is 4.79 Å². The molecule has 0 aromatic heterocycles. The van der Waals surface area contributed by atoms with Gasteiger partial charge in [0.2, 0.25) is 6.29 Å². The first kappa shape index (κ1) is 10.8. The van der Waals surface area contributed by atoms with Crippen molar-refractivity contribution in [2.24, 2.45) is 0 Å². The maximum atomic E-state index is 11.0. The van der Waals surface area contributed by atoms with Crippen molar-refractivity contribution in [3.63, 3.8) is 0 Å². The topological polar surface area (TPSA) is 61.8 Å². The van der Waals surface area contributed by atoms with E-state index in [9.17, 15) is 9.59 Å². The Morgan fingerprint density at radius 3 is 2.36 bits per heavy atom. The Labute approximate surface area is 82.3 Å². The Hall–Kier alpha value is -1.26. The van der Waals surface area contributed by atoms with E-state index in [0.717, 1.165) is 19.3 Å². The molecular weight excluding hydrogens is 188 g/mol. The molecule has 0 N–H and O–H groups in total. The second-order valence-electron chi connectivity index (χ2n) is 3.22. The van der Waals surface area contributed by atoms with Gasteiger partial charge >= 0.3 is 12.1 Å². The highest BCUT2D eigenvalue weighted by Crippen LogP contribution is 2.22. The van der Waals surface area contributed by atoms with E-state index in [1.807, 2.05) is 0 Å². The monoisotopic (exact) mass is 202 g/mol. The fourth-order valence-electron chi connectivity index (χ4n) is 1.05. The minimum Gasteiger partial charge on any atom is -0.431 e. The van der Waals surface area contributed by atoms with Gasteiger partial charge in [-0.2, -0.15) is 0 Å². The van der Waals surface area contributed by atoms with Crippen LogP contribution in [0.2, 0.25) is 0 Å². The molecule has 1 fully saturated rings. The number of hydrogen-bond acceptors (Lipinski definition) is 5. The lowest BCUT2D eigenvalue weighted by Crippen LogP contribution is -2.28. The summed E-state index contributed by atoms with van der Waals surface area (Å²) in [6.07, 6.45) is 1.17. The summed E-state index contributed by atoms with van der Waals surface area (Å²) in [5.74, 6) is -0.492. The van der Waals surface area contributed by atoms with Gasteiger partial charge in [-0.25, -0.2) is 4.79 Å². The van der Waals surface area contributed by atoms with Crippen molar-refractivity contribution in [1.29, 1.82) is 0 Å². The van der Waals surface area contributed by atoms with Crippen molar-refractivity contribution < 1.29 is 23.8 Å². The van der Waals surface area contributed by atoms with E-state index in [2.05, 4.69) is 9.47 Å². The minimum absolute atomic E-state index is 0.0213. The second-order valence-corrected chi connectivity index (χ2v) is 3.22. The minimum atomic E-state index is -0.889. The molecule has 1 rings (SSSR count). The van der Waals surface area contributed by atoms with E-state index >= 15 is 0 Å². The van der Waals surface area contributed by atoms with Crippen molar-refractivity contribution in [1.82, 2.24) is 0 Å². The zero-order valence-corrected chi connectivity index (χ0v) is 8.32. The molecule has 1 aliphatic carbocycles. The van der Waals surface area contributed by atoms with Crippen molar-refractivity contribution in [3.05, 3.63) is 0 Å². The van der Waals surface area contributed by atoms with E-state index in [0.29, 0.717) is 0 Å². The Balaban J connectivity index is 2.14. The average molecular weight is 202 g/mol. The third-order valence-electron chi connectivity index (χ3n) is 1.91. The maximum Gasteiger partial charge on any atom is 0.511 e. The first-order valence-corrected chi connectivity index (χ1v) is 4.62. The van der Waals surface area contributed by atoms with Gasteiger partial charge in [0.15, 0.2) is 0 Å². The Bertz CT molecular complexity index is 221. The predicted molar refractivity (Wildman–Crippen MR) is 46.4 cm³/mol. The van der Waals surface area contributed by atoms with Crippen molar-refractivity contribution in [3.8, 4) is 0 Å². The molecule has 5 heteroatoms. The number of ether oxygens (including phenoxy) is 3. The molecule has 0 aliphatic heterocycles. The van der Waals surface area contributed by atoms with E-state index in [-0.39, 0.29) is 6.10 Å². The van der Waals surface area contributed by atoms with E-state index in [1.165, 1.54) is 13.8 Å². The van der Waals surface area contributed by atoms with Crippen LogP contribution in [0.15, 0.2) is 0 Å². The first-order chi connectivity index (χ1) is 6.58. The molecule has 0 aromatic rings. The Morgan fingerprint density at radius 1 is 1.29 bits per heavy atom. The van der Waals surface area contributed by atoms with Gasteiger partial charge in [0.1, 0.15) is 6.10 Å². The molecule has 1 atom stereocenters. The molecule has 1 saturated carbocycles. The Morgan fingerprint density at radius 2 is 1.93 bits per heavy atom. The smallest absolute Gasteiger partial charge is 0.431 e. The number of esters is 1. The summed E-state index contributed by atoms with van der Waals surface area (Å²) in [5, 5.41) is 0. The SMILES string of the molecule is CC(=O)OC(C)OC(=O)OC1CCC1. The molecule has 0 radical (unpaired) electrons. The third-order valence-corrected chi connectivity index (χ3v) is 1.91. The molecule has 0 spiro atoms. The molecule has 1 aliphatic rings. The summed E-state index contributed by atoms with van der Waals surface area (Å²) in [4.78, 5) is 21.5. The van der Waals surface area contributed by atoms with Crippen LogP contribution in [0.3, 0.4) is 0 Å². The van der Waals surface area contributed by atoms with Crippen LogP contribution in [0, 0.1) is 0 Å². The number of rotatable bonds is 3. The summed E-state index contributed by atoms with van der Waals surface area (Å²) < 4.78 is 14.1. The molecule has 0 amide bonds. The summed E-state index contributed by atoms with van der Waals surface area (Å²) in [6.45, 7) is 2.71. The van der Waals surface area contributed by atoms with Crippen LogP contribution in [0.1, 0.15) is 33.1 Å². The van der Waals surface area contributed by atoms with E-state index in [1.54, 1.807) is 0 Å². The average Bonchev–Trinajstić information content (AvgIpc) is 1.94. The lowest BCUT2D eigenvalue weighted by atomic mass is 9.96. The van der Waals surface area contributed by atoms with Gasteiger partial charge in [-0.15, -0.1) is 0 Å². The molecule has 0 bridgehead atoms. The van der Waals surface area contributed by atoms with E-state index < -0.39 is 18.4 Å². The van der Waals surface area contributed by atoms with E-state index in [4.69, 9.17) is 4.74 Å². The van der Waals surface area contributed by atoms with Crippen LogP contribution in [-0.4, -0.2) is 24.5 Å². The standard InChI is InChI=1S/C9H14O5/c1-6(10)12-7(2)13-9(11)14-8-4-3-5-8/h7-8H,3-5H2,1-2H3. The largest absolute Gasteiger partial charge is 0.511 e. The highest BCUT2D eigenvalue weighted by molar-refractivity contribution is 5.66. The fourth-order valence-corrected chi connectivity index (χ4v) is 1.05. The normalized spacial score (nSPS) is 17.9. The van der Waals surface area contributed by atoms with Crippen LogP contribution >= 0.6 is 0 Å². The number of carbonyl (C=O) groups excluding carboxylic acids is 2. The van der Waals surface area contributed by atoms with Gasteiger partial charge in [0.05, 0.1) is 0 Å². The molecule has 0 saturated heterocycles. The number of carbonyl (C=O) groups is 2. The van der Waals surface area contributed by atoms with Crippen molar-refractivity contribution in [2.45, 2.75) is 45.5 Å². The molecule has 1 unspecified atom stereocenters. The lowest BCUT2D eigenvalue weighted by Gasteiger charge is -2.25. The zero-order chi connectivity index (χ0) is 10.6. The quantitative estimate of drug-likeness (QED) is 0.513. The van der Waals surface area contributed by atoms with Gasteiger partial charge in [-0.05, 0) is 19.3 Å². The predicted octanol–water partition coefficient (Wildman–Crippen LogP) is 1.60. The highest BCUT2D eigenvalue weighted by atomic mass is 16.8. The Kier molecular flexibility index (Phi) is 3.73. The summed E-state index contributed by atoms with van der Waals surface area (Å²) in [5.41, 5.74) is 0. The van der Waals surface area contributed by atoms with Crippen LogP contribution in [-0.2, 0) is 19.0 Å². The molecule has 5 nitrogen and oxygen atoms in total. The van der Waals surface area contributed by atoms with Crippen LogP contribution in [0.5, 0.6) is 0 Å². The van der Waals surface area contributed by atoms with Crippen molar-refractivity contribution in [2.75, 3.05) is 0 Å². The molecule has 0 heterocycles. The lowest BCUT2D eigenvalue weighted by molar-refractivity contribution is -0.166. The zero-order valence-electron chi connectivity index (χ0n) is 8.32.